The first kappa shape index (κ1) is 25.7. The molecule has 0 atom stereocenters. The van der Waals surface area contributed by atoms with Crippen molar-refractivity contribution >= 4 is 23.2 Å². The lowest BCUT2D eigenvalue weighted by Crippen LogP contribution is -2.43. The van der Waals surface area contributed by atoms with E-state index < -0.39 is 0 Å². The van der Waals surface area contributed by atoms with Gasteiger partial charge in [-0.25, -0.2) is 0 Å². The molecule has 2 aromatic carbocycles. The lowest BCUT2D eigenvalue weighted by molar-refractivity contribution is -0.141. The summed E-state index contributed by atoms with van der Waals surface area (Å²) < 4.78 is 5.18. The van der Waals surface area contributed by atoms with Gasteiger partial charge < -0.3 is 14.5 Å². The molecule has 2 amide bonds. The van der Waals surface area contributed by atoms with Crippen molar-refractivity contribution in [3.05, 3.63) is 93.7 Å². The smallest absolute Gasteiger partial charge is 0.242 e. The van der Waals surface area contributed by atoms with E-state index in [1.165, 1.54) is 4.88 Å². The molecule has 0 unspecified atom stereocenters. The standard InChI is InChI=1S/C28H34N2O3S/c1-23-14-16-26(34-23)21-30(20-25-12-7-4-8-13-25)28(32)22-29(18-9-19-33-2)27(31)17-15-24-10-5-3-6-11-24/h3-8,10-14,16H,9,15,17-22H2,1-2H3. The van der Waals surface area contributed by atoms with Crippen LogP contribution >= 0.6 is 11.3 Å². The van der Waals surface area contributed by atoms with E-state index in [4.69, 9.17) is 4.74 Å². The van der Waals surface area contributed by atoms with E-state index in [2.05, 4.69) is 19.1 Å². The van der Waals surface area contributed by atoms with E-state index in [0.29, 0.717) is 45.5 Å². The van der Waals surface area contributed by atoms with E-state index in [9.17, 15) is 9.59 Å². The van der Waals surface area contributed by atoms with Gasteiger partial charge >= 0.3 is 0 Å². The second-order valence-corrected chi connectivity index (χ2v) is 9.77. The number of methoxy groups -OCH3 is 1. The maximum absolute atomic E-state index is 13.5. The van der Waals surface area contributed by atoms with Crippen LogP contribution in [0.1, 0.15) is 33.7 Å². The van der Waals surface area contributed by atoms with Crippen molar-refractivity contribution in [3.8, 4) is 0 Å². The number of aryl methyl sites for hydroxylation is 2. The lowest BCUT2D eigenvalue weighted by Gasteiger charge is -2.28. The molecule has 180 valence electrons. The SMILES string of the molecule is COCCCN(CC(=O)N(Cc1ccccc1)Cc1ccc(C)s1)C(=O)CCc1ccccc1. The van der Waals surface area contributed by atoms with Crippen molar-refractivity contribution < 1.29 is 14.3 Å². The summed E-state index contributed by atoms with van der Waals surface area (Å²) in [7, 11) is 1.65. The number of hydrogen-bond donors (Lipinski definition) is 0. The van der Waals surface area contributed by atoms with Crippen LogP contribution in [0.5, 0.6) is 0 Å². The fourth-order valence-electron chi connectivity index (χ4n) is 3.80. The Kier molecular flexibility index (Phi) is 10.3. The van der Waals surface area contributed by atoms with Crippen molar-refractivity contribution in [2.45, 2.75) is 39.3 Å². The van der Waals surface area contributed by atoms with E-state index in [1.807, 2.05) is 65.6 Å². The average molecular weight is 479 g/mol. The Hall–Kier alpha value is -2.96. The number of hydrogen-bond acceptors (Lipinski definition) is 4. The van der Waals surface area contributed by atoms with E-state index in [1.54, 1.807) is 23.3 Å². The molecule has 3 aromatic rings. The predicted molar refractivity (Wildman–Crippen MR) is 138 cm³/mol. The van der Waals surface area contributed by atoms with E-state index >= 15 is 0 Å². The summed E-state index contributed by atoms with van der Waals surface area (Å²) in [4.78, 5) is 32.5. The van der Waals surface area contributed by atoms with Gasteiger partial charge in [0, 0.05) is 43.0 Å². The van der Waals surface area contributed by atoms with Crippen molar-refractivity contribution in [2.24, 2.45) is 0 Å². The number of rotatable bonds is 13. The quantitative estimate of drug-likeness (QED) is 0.322. The highest BCUT2D eigenvalue weighted by Gasteiger charge is 2.22. The Labute approximate surface area is 207 Å². The third-order valence-corrected chi connectivity index (χ3v) is 6.62. The lowest BCUT2D eigenvalue weighted by atomic mass is 10.1. The zero-order valence-corrected chi connectivity index (χ0v) is 20.9. The highest BCUT2D eigenvalue weighted by atomic mass is 32.1. The zero-order valence-electron chi connectivity index (χ0n) is 20.1. The Morgan fingerprint density at radius 3 is 2.12 bits per heavy atom. The van der Waals surface area contributed by atoms with Crippen LogP contribution in [0, 0.1) is 6.92 Å². The first-order chi connectivity index (χ1) is 16.5. The number of nitrogens with zero attached hydrogens (tertiary/aromatic N) is 2. The molecule has 1 heterocycles. The fourth-order valence-corrected chi connectivity index (χ4v) is 4.71. The summed E-state index contributed by atoms with van der Waals surface area (Å²) in [5.74, 6) is -0.0414. The molecule has 3 rings (SSSR count). The number of amides is 2. The molecule has 5 nitrogen and oxygen atoms in total. The topological polar surface area (TPSA) is 49.9 Å². The minimum absolute atomic E-state index is 0.0000599. The predicted octanol–water partition coefficient (Wildman–Crippen LogP) is 5.08. The Bertz CT molecular complexity index is 1020. The first-order valence-electron chi connectivity index (χ1n) is 11.7. The molecule has 0 N–H and O–H groups in total. The number of ether oxygens (including phenoxy) is 1. The highest BCUT2D eigenvalue weighted by molar-refractivity contribution is 7.11. The molecular weight excluding hydrogens is 444 g/mol. The Balaban J connectivity index is 1.70. The highest BCUT2D eigenvalue weighted by Crippen LogP contribution is 2.19. The molecule has 0 saturated carbocycles. The van der Waals surface area contributed by atoms with Gasteiger partial charge in [0.1, 0.15) is 0 Å². The van der Waals surface area contributed by atoms with Crippen LogP contribution < -0.4 is 0 Å². The van der Waals surface area contributed by atoms with Crippen molar-refractivity contribution in [2.75, 3.05) is 26.8 Å². The van der Waals surface area contributed by atoms with Crippen LogP contribution in [0.15, 0.2) is 72.8 Å². The third-order valence-electron chi connectivity index (χ3n) is 5.64. The van der Waals surface area contributed by atoms with Gasteiger partial charge in [-0.15, -0.1) is 11.3 Å². The largest absolute Gasteiger partial charge is 0.385 e. The van der Waals surface area contributed by atoms with Gasteiger partial charge in [-0.1, -0.05) is 60.7 Å². The molecule has 0 aliphatic rings. The summed E-state index contributed by atoms with van der Waals surface area (Å²) >= 11 is 1.70. The molecule has 0 bridgehead atoms. The Morgan fingerprint density at radius 1 is 0.824 bits per heavy atom. The van der Waals surface area contributed by atoms with Crippen LogP contribution in [0.3, 0.4) is 0 Å². The van der Waals surface area contributed by atoms with Crippen molar-refractivity contribution in [3.63, 3.8) is 0 Å². The molecule has 0 saturated heterocycles. The molecule has 34 heavy (non-hydrogen) atoms. The monoisotopic (exact) mass is 478 g/mol. The summed E-state index contributed by atoms with van der Waals surface area (Å²) in [5.41, 5.74) is 2.20. The molecule has 0 spiro atoms. The molecule has 6 heteroatoms. The second kappa shape index (κ2) is 13.7. The molecule has 1 aromatic heterocycles. The van der Waals surface area contributed by atoms with Gasteiger partial charge in [0.05, 0.1) is 13.1 Å². The second-order valence-electron chi connectivity index (χ2n) is 8.40. The normalized spacial score (nSPS) is 10.8. The molecule has 0 radical (unpaired) electrons. The third kappa shape index (κ3) is 8.43. The number of thiophene rings is 1. The summed E-state index contributed by atoms with van der Waals surface area (Å²) in [6, 6.07) is 24.1. The Morgan fingerprint density at radius 2 is 1.50 bits per heavy atom. The summed E-state index contributed by atoms with van der Waals surface area (Å²) in [5, 5.41) is 0. The van der Waals surface area contributed by atoms with E-state index in [-0.39, 0.29) is 18.4 Å². The first-order valence-corrected chi connectivity index (χ1v) is 12.5. The number of carbonyl (C=O) groups excluding carboxylic acids is 2. The van der Waals surface area contributed by atoms with Gasteiger partial charge in [0.2, 0.25) is 11.8 Å². The van der Waals surface area contributed by atoms with Crippen LogP contribution in [-0.2, 0) is 33.8 Å². The van der Waals surface area contributed by atoms with Crippen LogP contribution in [0.25, 0.3) is 0 Å². The molecule has 0 fully saturated rings. The molecular formula is C28H34N2O3S. The minimum atomic E-state index is -0.0413. The fraction of sp³-hybridized carbons (Fsp3) is 0.357. The maximum atomic E-state index is 13.5. The van der Waals surface area contributed by atoms with Gasteiger partial charge in [-0.3, -0.25) is 9.59 Å². The van der Waals surface area contributed by atoms with Gasteiger partial charge in [-0.2, -0.15) is 0 Å². The zero-order chi connectivity index (χ0) is 24.2. The average Bonchev–Trinajstić information content (AvgIpc) is 3.27. The molecule has 0 aliphatic carbocycles. The van der Waals surface area contributed by atoms with E-state index in [0.717, 1.165) is 16.0 Å². The van der Waals surface area contributed by atoms with Crippen LogP contribution in [0.2, 0.25) is 0 Å². The minimum Gasteiger partial charge on any atom is -0.385 e. The summed E-state index contributed by atoms with van der Waals surface area (Å²) in [6.07, 6.45) is 1.74. The van der Waals surface area contributed by atoms with Crippen molar-refractivity contribution in [1.29, 1.82) is 0 Å². The van der Waals surface area contributed by atoms with Gasteiger partial charge in [0.25, 0.3) is 0 Å². The number of carbonyl (C=O) groups is 2. The number of benzene rings is 2. The van der Waals surface area contributed by atoms with Gasteiger partial charge in [-0.05, 0) is 43.0 Å². The van der Waals surface area contributed by atoms with Crippen LogP contribution in [-0.4, -0.2) is 48.4 Å². The van der Waals surface area contributed by atoms with Crippen molar-refractivity contribution in [1.82, 2.24) is 9.80 Å². The van der Waals surface area contributed by atoms with Gasteiger partial charge in [0.15, 0.2) is 0 Å². The maximum Gasteiger partial charge on any atom is 0.242 e. The van der Waals surface area contributed by atoms with Crippen LogP contribution in [0.4, 0.5) is 0 Å². The molecule has 0 aliphatic heterocycles. The summed E-state index contributed by atoms with van der Waals surface area (Å²) in [6.45, 7) is 4.26.